The SMILES string of the molecule is CC(=O)O[C@@H]1C[C@]2(C)C(=O)CC[C@@H]2[C@H]2CCc3cc(O)ccc3[C@H]21. The van der Waals surface area contributed by atoms with Gasteiger partial charge in [-0.25, -0.2) is 0 Å². The maximum Gasteiger partial charge on any atom is 0.302 e. The van der Waals surface area contributed by atoms with Gasteiger partial charge in [0.2, 0.25) is 0 Å². The summed E-state index contributed by atoms with van der Waals surface area (Å²) >= 11 is 0. The Morgan fingerprint density at radius 1 is 1.29 bits per heavy atom. The maximum atomic E-state index is 12.6. The highest BCUT2D eigenvalue weighted by Gasteiger charge is 2.58. The molecule has 0 aliphatic heterocycles. The lowest BCUT2D eigenvalue weighted by Gasteiger charge is -2.51. The van der Waals surface area contributed by atoms with Crippen LogP contribution in [0.25, 0.3) is 0 Å². The van der Waals surface area contributed by atoms with E-state index < -0.39 is 0 Å². The highest BCUT2D eigenvalue weighted by atomic mass is 16.5. The number of aryl methyl sites for hydroxylation is 1. The molecule has 1 aromatic carbocycles. The molecular formula is C20H24O4. The normalized spacial score (nSPS) is 37.3. The molecule has 4 nitrogen and oxygen atoms in total. The van der Waals surface area contributed by atoms with Crippen molar-refractivity contribution in [3.05, 3.63) is 29.3 Å². The van der Waals surface area contributed by atoms with E-state index in [1.54, 1.807) is 6.07 Å². The third-order valence-corrected chi connectivity index (χ3v) is 6.69. The van der Waals surface area contributed by atoms with Gasteiger partial charge in [0.1, 0.15) is 17.6 Å². The highest BCUT2D eigenvalue weighted by molar-refractivity contribution is 5.87. The number of aromatic hydroxyl groups is 1. The molecular weight excluding hydrogens is 304 g/mol. The lowest BCUT2D eigenvalue weighted by molar-refractivity contribution is -0.158. The summed E-state index contributed by atoms with van der Waals surface area (Å²) in [6.45, 7) is 3.52. The second-order valence-electron chi connectivity index (χ2n) is 7.95. The molecule has 0 saturated heterocycles. The van der Waals surface area contributed by atoms with E-state index in [0.29, 0.717) is 30.5 Å². The monoisotopic (exact) mass is 328 g/mol. The second kappa shape index (κ2) is 5.33. The minimum Gasteiger partial charge on any atom is -0.508 e. The van der Waals surface area contributed by atoms with E-state index >= 15 is 0 Å². The standard InChI is InChI=1S/C20H24O4/c1-11(21)24-17-10-20(2)16(7-8-18(20)23)15-5-3-12-9-13(22)4-6-14(12)19(15)17/h4,6,9,15-17,19,22H,3,5,7-8,10H2,1-2H3/t15-,16-,17-,19-,20+/m1/s1. The van der Waals surface area contributed by atoms with E-state index in [1.165, 1.54) is 12.5 Å². The molecule has 4 rings (SSSR count). The summed E-state index contributed by atoms with van der Waals surface area (Å²) in [5, 5.41) is 9.79. The number of phenolic OH excluding ortho intramolecular Hbond substituents is 1. The van der Waals surface area contributed by atoms with Crippen molar-refractivity contribution in [1.82, 2.24) is 0 Å². The molecule has 1 aromatic rings. The summed E-state index contributed by atoms with van der Waals surface area (Å²) < 4.78 is 5.72. The van der Waals surface area contributed by atoms with Gasteiger partial charge in [0.15, 0.2) is 0 Å². The van der Waals surface area contributed by atoms with Crippen LogP contribution in [0.2, 0.25) is 0 Å². The first kappa shape index (κ1) is 15.7. The molecule has 128 valence electrons. The Bertz CT molecular complexity index is 710. The number of ether oxygens (including phenoxy) is 1. The van der Waals surface area contributed by atoms with Crippen LogP contribution in [0, 0.1) is 17.3 Å². The zero-order chi connectivity index (χ0) is 17.1. The number of carbonyl (C=O) groups is 2. The highest BCUT2D eigenvalue weighted by Crippen LogP contribution is 2.60. The molecule has 0 heterocycles. The van der Waals surface area contributed by atoms with Crippen LogP contribution >= 0.6 is 0 Å². The fraction of sp³-hybridized carbons (Fsp3) is 0.600. The number of rotatable bonds is 1. The average molecular weight is 328 g/mol. The summed E-state index contributed by atoms with van der Waals surface area (Å²) in [5.74, 6) is 1.23. The molecule has 3 aliphatic rings. The molecule has 0 spiro atoms. The van der Waals surface area contributed by atoms with Crippen LogP contribution in [0.3, 0.4) is 0 Å². The Kier molecular flexibility index (Phi) is 3.48. The Hall–Kier alpha value is -1.84. The number of ketones is 1. The summed E-state index contributed by atoms with van der Waals surface area (Å²) in [7, 11) is 0. The number of hydrogen-bond donors (Lipinski definition) is 1. The van der Waals surface area contributed by atoms with Gasteiger partial charge in [0.25, 0.3) is 0 Å². The van der Waals surface area contributed by atoms with E-state index in [1.807, 2.05) is 12.1 Å². The zero-order valence-corrected chi connectivity index (χ0v) is 14.2. The smallest absolute Gasteiger partial charge is 0.302 e. The maximum absolute atomic E-state index is 12.6. The van der Waals surface area contributed by atoms with Gasteiger partial charge in [-0.3, -0.25) is 9.59 Å². The third kappa shape index (κ3) is 2.19. The van der Waals surface area contributed by atoms with Gasteiger partial charge in [-0.1, -0.05) is 13.0 Å². The summed E-state index contributed by atoms with van der Waals surface area (Å²) in [6, 6.07) is 5.54. The van der Waals surface area contributed by atoms with Gasteiger partial charge in [-0.15, -0.1) is 0 Å². The third-order valence-electron chi connectivity index (χ3n) is 6.69. The number of hydrogen-bond acceptors (Lipinski definition) is 4. The Morgan fingerprint density at radius 2 is 2.08 bits per heavy atom. The molecule has 0 radical (unpaired) electrons. The lowest BCUT2D eigenvalue weighted by atomic mass is 9.54. The van der Waals surface area contributed by atoms with Crippen molar-refractivity contribution in [2.45, 2.75) is 58.0 Å². The molecule has 0 amide bonds. The molecule has 0 unspecified atom stereocenters. The fourth-order valence-corrected chi connectivity index (χ4v) is 5.72. The van der Waals surface area contributed by atoms with Crippen LogP contribution in [-0.4, -0.2) is 23.0 Å². The number of Topliss-reactive ketones (excluding diaryl/α,β-unsaturated/α-hetero) is 1. The predicted molar refractivity (Wildman–Crippen MR) is 88.7 cm³/mol. The number of carbonyl (C=O) groups excluding carboxylic acids is 2. The Labute approximate surface area is 142 Å². The van der Waals surface area contributed by atoms with Gasteiger partial charge < -0.3 is 9.84 Å². The van der Waals surface area contributed by atoms with Crippen molar-refractivity contribution in [1.29, 1.82) is 0 Å². The first-order valence-electron chi connectivity index (χ1n) is 8.92. The molecule has 4 heteroatoms. The van der Waals surface area contributed by atoms with Crippen LogP contribution in [0.4, 0.5) is 0 Å². The molecule has 0 aromatic heterocycles. The van der Waals surface area contributed by atoms with Gasteiger partial charge in [-0.05, 0) is 60.8 Å². The number of esters is 1. The van der Waals surface area contributed by atoms with E-state index in [9.17, 15) is 14.7 Å². The van der Waals surface area contributed by atoms with Crippen molar-refractivity contribution in [3.8, 4) is 5.75 Å². The topological polar surface area (TPSA) is 63.6 Å². The number of benzene rings is 1. The van der Waals surface area contributed by atoms with Crippen LogP contribution < -0.4 is 0 Å². The molecule has 2 saturated carbocycles. The number of phenols is 1. The van der Waals surface area contributed by atoms with Crippen molar-refractivity contribution in [3.63, 3.8) is 0 Å². The molecule has 5 atom stereocenters. The summed E-state index contributed by atoms with van der Waals surface area (Å²) in [6.07, 6.45) is 3.89. The van der Waals surface area contributed by atoms with Crippen LogP contribution in [0.15, 0.2) is 18.2 Å². The van der Waals surface area contributed by atoms with E-state index in [0.717, 1.165) is 24.8 Å². The van der Waals surface area contributed by atoms with Crippen molar-refractivity contribution in [2.75, 3.05) is 0 Å². The summed E-state index contributed by atoms with van der Waals surface area (Å²) in [5.41, 5.74) is 1.99. The molecule has 3 aliphatic carbocycles. The largest absolute Gasteiger partial charge is 0.508 e. The molecule has 0 bridgehead atoms. The molecule has 1 N–H and O–H groups in total. The minimum atomic E-state index is -0.351. The lowest BCUT2D eigenvalue weighted by Crippen LogP contribution is -2.50. The first-order chi connectivity index (χ1) is 11.4. The van der Waals surface area contributed by atoms with Crippen LogP contribution in [-0.2, 0) is 20.7 Å². The molecule has 2 fully saturated rings. The van der Waals surface area contributed by atoms with Gasteiger partial charge in [0.05, 0.1) is 0 Å². The van der Waals surface area contributed by atoms with Crippen molar-refractivity contribution < 1.29 is 19.4 Å². The minimum absolute atomic E-state index is 0.141. The van der Waals surface area contributed by atoms with E-state index in [-0.39, 0.29) is 29.2 Å². The van der Waals surface area contributed by atoms with Crippen molar-refractivity contribution >= 4 is 11.8 Å². The number of fused-ring (bicyclic) bond motifs is 5. The average Bonchev–Trinajstić information content (AvgIpc) is 2.81. The zero-order valence-electron chi connectivity index (χ0n) is 14.2. The fourth-order valence-electron chi connectivity index (χ4n) is 5.72. The van der Waals surface area contributed by atoms with Crippen LogP contribution in [0.5, 0.6) is 5.75 Å². The quantitative estimate of drug-likeness (QED) is 0.803. The van der Waals surface area contributed by atoms with Gasteiger partial charge in [0, 0.05) is 24.7 Å². The first-order valence-corrected chi connectivity index (χ1v) is 8.92. The Balaban J connectivity index is 1.79. The van der Waals surface area contributed by atoms with Crippen LogP contribution in [0.1, 0.15) is 56.6 Å². The predicted octanol–water partition coefficient (Wildman–Crippen LogP) is 3.36. The van der Waals surface area contributed by atoms with Gasteiger partial charge in [-0.2, -0.15) is 0 Å². The summed E-state index contributed by atoms with van der Waals surface area (Å²) in [4.78, 5) is 24.2. The van der Waals surface area contributed by atoms with Gasteiger partial charge >= 0.3 is 5.97 Å². The Morgan fingerprint density at radius 3 is 2.83 bits per heavy atom. The second-order valence-corrected chi connectivity index (χ2v) is 7.95. The van der Waals surface area contributed by atoms with E-state index in [4.69, 9.17) is 4.74 Å². The molecule has 24 heavy (non-hydrogen) atoms. The van der Waals surface area contributed by atoms with E-state index in [2.05, 4.69) is 6.92 Å². The van der Waals surface area contributed by atoms with Crippen molar-refractivity contribution in [2.24, 2.45) is 17.3 Å².